The first-order valence-electron chi connectivity index (χ1n) is 7.34. The number of halogens is 1. The first-order chi connectivity index (χ1) is 10.7. The van der Waals surface area contributed by atoms with Gasteiger partial charge in [0, 0.05) is 35.7 Å². The van der Waals surface area contributed by atoms with Gasteiger partial charge in [-0.25, -0.2) is 4.79 Å². The molecular formula is C15H20BrN3O4. The van der Waals surface area contributed by atoms with Crippen molar-refractivity contribution in [2.75, 3.05) is 18.4 Å². The molecule has 1 N–H and O–H groups in total. The topological polar surface area (TPSA) is 84.7 Å². The highest BCUT2D eigenvalue weighted by atomic mass is 79.9. The van der Waals surface area contributed by atoms with E-state index in [1.54, 1.807) is 11.0 Å². The van der Waals surface area contributed by atoms with Crippen LogP contribution in [0.4, 0.5) is 16.2 Å². The van der Waals surface area contributed by atoms with Crippen LogP contribution >= 0.6 is 15.9 Å². The number of likely N-dealkylation sites (tertiary alicyclic amines) is 1. The number of rotatable bonds is 3. The highest BCUT2D eigenvalue weighted by molar-refractivity contribution is 9.10. The lowest BCUT2D eigenvalue weighted by Crippen LogP contribution is -2.36. The van der Waals surface area contributed by atoms with Crippen molar-refractivity contribution in [1.82, 2.24) is 4.90 Å². The summed E-state index contributed by atoms with van der Waals surface area (Å²) in [5, 5.41) is 14.1. The molecule has 0 aliphatic carbocycles. The van der Waals surface area contributed by atoms with E-state index in [-0.39, 0.29) is 17.8 Å². The van der Waals surface area contributed by atoms with Crippen LogP contribution < -0.4 is 5.32 Å². The van der Waals surface area contributed by atoms with E-state index in [0.29, 0.717) is 18.8 Å². The standard InChI is InChI=1S/C15H20BrN3O4/c1-15(2,3)23-14(20)18-7-6-10(9-18)17-13-8-11(19(21)22)4-5-12(13)16/h4-5,8,10,17H,6-7,9H2,1-3H3. The fraction of sp³-hybridized carbons (Fsp3) is 0.533. The first-order valence-corrected chi connectivity index (χ1v) is 8.13. The van der Waals surface area contributed by atoms with Crippen LogP contribution in [-0.4, -0.2) is 40.6 Å². The summed E-state index contributed by atoms with van der Waals surface area (Å²) in [5.41, 5.74) is 0.152. The number of anilines is 1. The molecule has 0 aromatic heterocycles. The summed E-state index contributed by atoms with van der Waals surface area (Å²) in [6.45, 7) is 6.59. The summed E-state index contributed by atoms with van der Waals surface area (Å²) < 4.78 is 6.10. The molecule has 8 heteroatoms. The van der Waals surface area contributed by atoms with E-state index >= 15 is 0 Å². The van der Waals surface area contributed by atoms with Crippen molar-refractivity contribution < 1.29 is 14.5 Å². The van der Waals surface area contributed by atoms with Crippen molar-refractivity contribution in [3.63, 3.8) is 0 Å². The lowest BCUT2D eigenvalue weighted by molar-refractivity contribution is -0.384. The molecule has 1 amide bonds. The van der Waals surface area contributed by atoms with E-state index in [4.69, 9.17) is 4.74 Å². The van der Waals surface area contributed by atoms with Crippen molar-refractivity contribution in [1.29, 1.82) is 0 Å². The second kappa shape index (κ2) is 6.74. The van der Waals surface area contributed by atoms with Crippen LogP contribution in [0, 0.1) is 10.1 Å². The van der Waals surface area contributed by atoms with Gasteiger partial charge in [0.1, 0.15) is 5.60 Å². The average Bonchev–Trinajstić information content (AvgIpc) is 2.88. The number of ether oxygens (including phenoxy) is 1. The Morgan fingerprint density at radius 3 is 2.78 bits per heavy atom. The maximum Gasteiger partial charge on any atom is 0.410 e. The zero-order chi connectivity index (χ0) is 17.2. The Bertz CT molecular complexity index is 615. The summed E-state index contributed by atoms with van der Waals surface area (Å²) in [4.78, 5) is 24.1. The van der Waals surface area contributed by atoms with Gasteiger partial charge in [0.2, 0.25) is 0 Å². The maximum absolute atomic E-state index is 12.0. The normalized spacial score (nSPS) is 17.9. The second-order valence-electron chi connectivity index (χ2n) is 6.48. The van der Waals surface area contributed by atoms with Gasteiger partial charge in [-0.1, -0.05) is 0 Å². The van der Waals surface area contributed by atoms with Crippen LogP contribution in [0.3, 0.4) is 0 Å². The molecule has 1 heterocycles. The van der Waals surface area contributed by atoms with Crippen LogP contribution in [0.25, 0.3) is 0 Å². The Hall–Kier alpha value is -1.83. The lowest BCUT2D eigenvalue weighted by Gasteiger charge is -2.24. The van der Waals surface area contributed by atoms with Crippen LogP contribution in [0.1, 0.15) is 27.2 Å². The number of benzene rings is 1. The van der Waals surface area contributed by atoms with Gasteiger partial charge in [-0.3, -0.25) is 10.1 Å². The van der Waals surface area contributed by atoms with Gasteiger partial charge in [-0.05, 0) is 49.2 Å². The van der Waals surface area contributed by atoms with E-state index in [9.17, 15) is 14.9 Å². The number of nitro benzene ring substituents is 1. The van der Waals surface area contributed by atoms with Gasteiger partial charge in [0.25, 0.3) is 5.69 Å². The molecule has 1 saturated heterocycles. The fourth-order valence-corrected chi connectivity index (χ4v) is 2.69. The zero-order valence-electron chi connectivity index (χ0n) is 13.3. The fourth-order valence-electron chi connectivity index (χ4n) is 2.33. The number of hydrogen-bond acceptors (Lipinski definition) is 5. The number of non-ortho nitro benzene ring substituents is 1. The van der Waals surface area contributed by atoms with Gasteiger partial charge >= 0.3 is 6.09 Å². The summed E-state index contributed by atoms with van der Waals surface area (Å²) in [5.74, 6) is 0. The number of hydrogen-bond donors (Lipinski definition) is 1. The third kappa shape index (κ3) is 4.82. The smallest absolute Gasteiger partial charge is 0.410 e. The molecule has 1 fully saturated rings. The Morgan fingerprint density at radius 2 is 2.17 bits per heavy atom. The Morgan fingerprint density at radius 1 is 1.48 bits per heavy atom. The van der Waals surface area contributed by atoms with Crippen LogP contribution in [0.2, 0.25) is 0 Å². The van der Waals surface area contributed by atoms with E-state index in [0.717, 1.165) is 10.9 Å². The minimum absolute atomic E-state index is 0.0256. The van der Waals surface area contributed by atoms with Gasteiger partial charge in [0.15, 0.2) is 0 Å². The molecule has 7 nitrogen and oxygen atoms in total. The van der Waals surface area contributed by atoms with Gasteiger partial charge in [0.05, 0.1) is 10.6 Å². The Balaban J connectivity index is 1.99. The predicted molar refractivity (Wildman–Crippen MR) is 90.6 cm³/mol. The SMILES string of the molecule is CC(C)(C)OC(=O)N1CCC(Nc2cc([N+](=O)[O-])ccc2Br)C1. The summed E-state index contributed by atoms with van der Waals surface area (Å²) in [7, 11) is 0. The number of nitro groups is 1. The van der Waals surface area contributed by atoms with Crippen LogP contribution in [0.15, 0.2) is 22.7 Å². The van der Waals surface area contributed by atoms with Gasteiger partial charge in [-0.2, -0.15) is 0 Å². The molecule has 0 radical (unpaired) electrons. The molecule has 1 aliphatic rings. The summed E-state index contributed by atoms with van der Waals surface area (Å²) in [6, 6.07) is 4.60. The maximum atomic E-state index is 12.0. The molecule has 126 valence electrons. The Kier molecular flexibility index (Phi) is 5.13. The van der Waals surface area contributed by atoms with Crippen molar-refractivity contribution in [3.05, 3.63) is 32.8 Å². The van der Waals surface area contributed by atoms with E-state index in [2.05, 4.69) is 21.2 Å². The first kappa shape index (κ1) is 17.5. The minimum Gasteiger partial charge on any atom is -0.444 e. The van der Waals surface area contributed by atoms with E-state index < -0.39 is 10.5 Å². The molecule has 1 atom stereocenters. The van der Waals surface area contributed by atoms with E-state index in [1.807, 2.05) is 20.8 Å². The predicted octanol–water partition coefficient (Wildman–Crippen LogP) is 3.78. The number of nitrogens with one attached hydrogen (secondary N) is 1. The van der Waals surface area contributed by atoms with Crippen molar-refractivity contribution >= 4 is 33.4 Å². The number of amides is 1. The Labute approximate surface area is 143 Å². The summed E-state index contributed by atoms with van der Waals surface area (Å²) in [6.07, 6.45) is 0.425. The molecule has 1 aromatic rings. The minimum atomic E-state index is -0.522. The molecule has 2 rings (SSSR count). The quantitative estimate of drug-likeness (QED) is 0.631. The second-order valence-corrected chi connectivity index (χ2v) is 7.33. The average molecular weight is 386 g/mol. The molecule has 0 saturated carbocycles. The molecule has 0 bridgehead atoms. The third-order valence-electron chi connectivity index (χ3n) is 3.36. The highest BCUT2D eigenvalue weighted by Gasteiger charge is 2.30. The molecule has 23 heavy (non-hydrogen) atoms. The van der Waals surface area contributed by atoms with Crippen molar-refractivity contribution in [2.24, 2.45) is 0 Å². The number of carbonyl (C=O) groups is 1. The molecule has 1 aromatic carbocycles. The summed E-state index contributed by atoms with van der Waals surface area (Å²) >= 11 is 3.38. The van der Waals surface area contributed by atoms with Crippen molar-refractivity contribution in [3.8, 4) is 0 Å². The van der Waals surface area contributed by atoms with Gasteiger partial charge in [-0.15, -0.1) is 0 Å². The number of carbonyl (C=O) groups excluding carboxylic acids is 1. The van der Waals surface area contributed by atoms with Crippen LogP contribution in [-0.2, 0) is 4.74 Å². The largest absolute Gasteiger partial charge is 0.444 e. The zero-order valence-corrected chi connectivity index (χ0v) is 14.9. The molecule has 1 aliphatic heterocycles. The van der Waals surface area contributed by atoms with Crippen LogP contribution in [0.5, 0.6) is 0 Å². The highest BCUT2D eigenvalue weighted by Crippen LogP contribution is 2.29. The molecule has 1 unspecified atom stereocenters. The molecule has 0 spiro atoms. The third-order valence-corrected chi connectivity index (χ3v) is 4.05. The number of nitrogens with zero attached hydrogens (tertiary/aromatic N) is 2. The monoisotopic (exact) mass is 385 g/mol. The van der Waals surface area contributed by atoms with Gasteiger partial charge < -0.3 is 15.0 Å². The van der Waals surface area contributed by atoms with Crippen molar-refractivity contribution in [2.45, 2.75) is 38.8 Å². The molecular weight excluding hydrogens is 366 g/mol. The lowest BCUT2D eigenvalue weighted by atomic mass is 10.2. The van der Waals surface area contributed by atoms with E-state index in [1.165, 1.54) is 12.1 Å².